The lowest BCUT2D eigenvalue weighted by Crippen LogP contribution is -2.28. The summed E-state index contributed by atoms with van der Waals surface area (Å²) in [7, 11) is 1.69. The maximum Gasteiger partial charge on any atom is 0.274 e. The van der Waals surface area contributed by atoms with Crippen LogP contribution in [0.5, 0.6) is 0 Å². The zero-order valence-electron chi connectivity index (χ0n) is 11.3. The van der Waals surface area contributed by atoms with Gasteiger partial charge in [0, 0.05) is 19.8 Å². The molecule has 0 atom stereocenters. The van der Waals surface area contributed by atoms with E-state index in [-0.39, 0.29) is 5.91 Å². The first-order valence-corrected chi connectivity index (χ1v) is 6.31. The number of hydrogen-bond donors (Lipinski definition) is 0. The molecule has 0 aliphatic carbocycles. The van der Waals surface area contributed by atoms with Gasteiger partial charge in [-0.05, 0) is 18.9 Å². The van der Waals surface area contributed by atoms with Crippen molar-refractivity contribution < 1.29 is 4.79 Å². The molecular formula is C13H20N4O. The molecule has 0 spiro atoms. The van der Waals surface area contributed by atoms with E-state index in [1.807, 2.05) is 16.9 Å². The minimum atomic E-state index is -0.130. The number of carbonyl (C=O) groups is 1. The predicted octanol–water partition coefficient (Wildman–Crippen LogP) is 2.23. The maximum atomic E-state index is 12.0. The van der Waals surface area contributed by atoms with E-state index in [9.17, 15) is 4.79 Å². The minimum Gasteiger partial charge on any atom is -0.339 e. The third kappa shape index (κ3) is 3.33. The highest BCUT2D eigenvalue weighted by Crippen LogP contribution is 2.14. The molecule has 0 radical (unpaired) electrons. The smallest absolute Gasteiger partial charge is 0.274 e. The van der Waals surface area contributed by atoms with E-state index in [0.717, 1.165) is 12.8 Å². The fourth-order valence-corrected chi connectivity index (χ4v) is 1.83. The zero-order chi connectivity index (χ0) is 13.5. The first-order chi connectivity index (χ1) is 8.63. The van der Waals surface area contributed by atoms with Gasteiger partial charge in [0.2, 0.25) is 0 Å². The highest BCUT2D eigenvalue weighted by molar-refractivity contribution is 5.92. The van der Waals surface area contributed by atoms with Crippen molar-refractivity contribution in [1.82, 2.24) is 14.7 Å². The van der Waals surface area contributed by atoms with Crippen LogP contribution in [-0.4, -0.2) is 34.2 Å². The summed E-state index contributed by atoms with van der Waals surface area (Å²) in [6.07, 6.45) is 4.19. The van der Waals surface area contributed by atoms with Gasteiger partial charge in [0.25, 0.3) is 5.91 Å². The Morgan fingerprint density at radius 2 is 2.22 bits per heavy atom. The second-order valence-corrected chi connectivity index (χ2v) is 4.29. The van der Waals surface area contributed by atoms with Gasteiger partial charge in [0.05, 0.1) is 18.5 Å². The normalized spacial score (nSPS) is 10.4. The maximum absolute atomic E-state index is 12.0. The summed E-state index contributed by atoms with van der Waals surface area (Å²) in [5, 5.41) is 12.8. The van der Waals surface area contributed by atoms with Crippen LogP contribution in [0, 0.1) is 11.3 Å². The van der Waals surface area contributed by atoms with Gasteiger partial charge in [0.15, 0.2) is 0 Å². The van der Waals surface area contributed by atoms with E-state index in [4.69, 9.17) is 5.26 Å². The number of hydrogen-bond acceptors (Lipinski definition) is 3. The van der Waals surface area contributed by atoms with E-state index in [1.54, 1.807) is 13.1 Å². The van der Waals surface area contributed by atoms with Crippen molar-refractivity contribution in [3.05, 3.63) is 18.0 Å². The van der Waals surface area contributed by atoms with Crippen molar-refractivity contribution >= 4 is 5.91 Å². The molecular weight excluding hydrogens is 228 g/mol. The van der Waals surface area contributed by atoms with Gasteiger partial charge in [-0.15, -0.1) is 0 Å². The molecule has 5 nitrogen and oxygen atoms in total. The summed E-state index contributed by atoms with van der Waals surface area (Å²) < 4.78 is 1.85. The Hall–Kier alpha value is -1.83. The summed E-state index contributed by atoms with van der Waals surface area (Å²) in [5.41, 5.74) is 0.447. The fourth-order valence-electron chi connectivity index (χ4n) is 1.83. The highest BCUT2D eigenvalue weighted by Gasteiger charge is 2.16. The molecule has 0 aliphatic heterocycles. The van der Waals surface area contributed by atoms with Crippen LogP contribution < -0.4 is 0 Å². The van der Waals surface area contributed by atoms with Gasteiger partial charge in [0.1, 0.15) is 5.69 Å². The molecule has 0 N–H and O–H groups in total. The topological polar surface area (TPSA) is 61.9 Å². The van der Waals surface area contributed by atoms with Crippen LogP contribution >= 0.6 is 0 Å². The SMILES string of the molecule is CCC(CC)n1ccc(C(=O)N(C)CCC#N)n1. The van der Waals surface area contributed by atoms with Gasteiger partial charge >= 0.3 is 0 Å². The lowest BCUT2D eigenvalue weighted by molar-refractivity contribution is 0.0791. The van der Waals surface area contributed by atoms with Gasteiger partial charge in [-0.25, -0.2) is 0 Å². The van der Waals surface area contributed by atoms with E-state index >= 15 is 0 Å². The number of amides is 1. The van der Waals surface area contributed by atoms with Crippen molar-refractivity contribution in [2.24, 2.45) is 0 Å². The second-order valence-electron chi connectivity index (χ2n) is 4.29. The second kappa shape index (κ2) is 6.80. The molecule has 1 aromatic heterocycles. The number of carbonyl (C=O) groups excluding carboxylic acids is 1. The highest BCUT2D eigenvalue weighted by atomic mass is 16.2. The summed E-state index contributed by atoms with van der Waals surface area (Å²) >= 11 is 0. The zero-order valence-corrected chi connectivity index (χ0v) is 11.3. The molecule has 0 unspecified atom stereocenters. The van der Waals surface area contributed by atoms with Crippen LogP contribution in [0.2, 0.25) is 0 Å². The standard InChI is InChI=1S/C13H20N4O/c1-4-11(5-2)17-10-7-12(15-17)13(18)16(3)9-6-8-14/h7,10-11H,4-6,9H2,1-3H3. The van der Waals surface area contributed by atoms with Crippen LogP contribution in [0.3, 0.4) is 0 Å². The van der Waals surface area contributed by atoms with Crippen LogP contribution in [-0.2, 0) is 0 Å². The molecule has 1 heterocycles. The molecule has 0 saturated heterocycles. The quantitative estimate of drug-likeness (QED) is 0.775. The predicted molar refractivity (Wildman–Crippen MR) is 69.0 cm³/mol. The Bertz CT molecular complexity index is 428. The van der Waals surface area contributed by atoms with E-state index in [2.05, 4.69) is 18.9 Å². The molecule has 0 fully saturated rings. The first-order valence-electron chi connectivity index (χ1n) is 6.31. The Balaban J connectivity index is 2.73. The van der Waals surface area contributed by atoms with Gasteiger partial charge in [-0.3, -0.25) is 9.48 Å². The molecule has 1 aromatic rings. The van der Waals surface area contributed by atoms with Crippen molar-refractivity contribution in [3.63, 3.8) is 0 Å². The van der Waals surface area contributed by atoms with E-state index in [0.29, 0.717) is 24.7 Å². The number of rotatable bonds is 6. The van der Waals surface area contributed by atoms with Crippen molar-refractivity contribution in [2.75, 3.05) is 13.6 Å². The third-order valence-electron chi connectivity index (χ3n) is 3.05. The Morgan fingerprint density at radius 1 is 1.56 bits per heavy atom. The van der Waals surface area contributed by atoms with Gasteiger partial charge in [-0.2, -0.15) is 10.4 Å². The average Bonchev–Trinajstić information content (AvgIpc) is 2.86. The number of nitriles is 1. The van der Waals surface area contributed by atoms with E-state index < -0.39 is 0 Å². The molecule has 0 saturated carbocycles. The molecule has 1 rings (SSSR count). The van der Waals surface area contributed by atoms with Gasteiger partial charge < -0.3 is 4.90 Å². The molecule has 0 bridgehead atoms. The lowest BCUT2D eigenvalue weighted by atomic mass is 10.2. The molecule has 18 heavy (non-hydrogen) atoms. The molecule has 98 valence electrons. The molecule has 0 aliphatic rings. The largest absolute Gasteiger partial charge is 0.339 e. The third-order valence-corrected chi connectivity index (χ3v) is 3.05. The van der Waals surface area contributed by atoms with Crippen LogP contribution in [0.25, 0.3) is 0 Å². The van der Waals surface area contributed by atoms with Crippen LogP contribution in [0.1, 0.15) is 49.6 Å². The van der Waals surface area contributed by atoms with Crippen molar-refractivity contribution in [2.45, 2.75) is 39.2 Å². The van der Waals surface area contributed by atoms with Crippen LogP contribution in [0.15, 0.2) is 12.3 Å². The average molecular weight is 248 g/mol. The number of aromatic nitrogens is 2. The minimum absolute atomic E-state index is 0.130. The Labute approximate surface area is 108 Å². The van der Waals surface area contributed by atoms with Crippen LogP contribution in [0.4, 0.5) is 0 Å². The molecule has 5 heteroatoms. The summed E-state index contributed by atoms with van der Waals surface area (Å²) in [4.78, 5) is 13.5. The lowest BCUT2D eigenvalue weighted by Gasteiger charge is -2.14. The summed E-state index contributed by atoms with van der Waals surface area (Å²) in [6.45, 7) is 4.65. The summed E-state index contributed by atoms with van der Waals surface area (Å²) in [6, 6.07) is 4.11. The van der Waals surface area contributed by atoms with Gasteiger partial charge in [-0.1, -0.05) is 13.8 Å². The molecule has 0 aromatic carbocycles. The van der Waals surface area contributed by atoms with E-state index in [1.165, 1.54) is 4.90 Å². The molecule has 1 amide bonds. The fraction of sp³-hybridized carbons (Fsp3) is 0.615. The Kier molecular flexibility index (Phi) is 5.37. The van der Waals surface area contributed by atoms with Crippen molar-refractivity contribution in [3.8, 4) is 6.07 Å². The van der Waals surface area contributed by atoms with Crippen molar-refractivity contribution in [1.29, 1.82) is 5.26 Å². The Morgan fingerprint density at radius 3 is 2.78 bits per heavy atom. The number of nitrogens with zero attached hydrogens (tertiary/aromatic N) is 4. The monoisotopic (exact) mass is 248 g/mol. The summed E-state index contributed by atoms with van der Waals surface area (Å²) in [5.74, 6) is -0.130. The first kappa shape index (κ1) is 14.2.